The zero-order chi connectivity index (χ0) is 13.0. The molecular formula is C13H20N2O2S. The van der Waals surface area contributed by atoms with Crippen LogP contribution in [0.4, 0.5) is 0 Å². The van der Waals surface area contributed by atoms with Gasteiger partial charge in [-0.25, -0.2) is 0 Å². The molecule has 18 heavy (non-hydrogen) atoms. The number of hydrogen-bond donors (Lipinski definition) is 1. The molecule has 2 unspecified atom stereocenters. The molecule has 1 aliphatic heterocycles. The minimum Gasteiger partial charge on any atom is -0.375 e. The lowest BCUT2D eigenvalue weighted by Gasteiger charge is -2.28. The number of nitrogens with one attached hydrogen (secondary N) is 1. The molecule has 1 aliphatic rings. The first-order chi connectivity index (χ1) is 8.68. The number of ether oxygens (including phenoxy) is 1. The van der Waals surface area contributed by atoms with Crippen molar-refractivity contribution in [2.45, 2.75) is 25.5 Å². The first-order valence-corrected chi connectivity index (χ1v) is 7.18. The summed E-state index contributed by atoms with van der Waals surface area (Å²) >= 11 is 1.69. The minimum absolute atomic E-state index is 0.0178. The van der Waals surface area contributed by atoms with Crippen molar-refractivity contribution in [2.24, 2.45) is 0 Å². The van der Waals surface area contributed by atoms with Crippen LogP contribution in [-0.4, -0.2) is 43.7 Å². The largest absolute Gasteiger partial charge is 0.375 e. The molecule has 100 valence electrons. The molecule has 1 amide bonds. The highest BCUT2D eigenvalue weighted by Gasteiger charge is 2.23. The Bertz CT molecular complexity index is 374. The van der Waals surface area contributed by atoms with Crippen LogP contribution in [0.15, 0.2) is 17.5 Å². The average molecular weight is 268 g/mol. The summed E-state index contributed by atoms with van der Waals surface area (Å²) in [6.45, 7) is 4.41. The zero-order valence-electron chi connectivity index (χ0n) is 10.9. The van der Waals surface area contributed by atoms with Crippen LogP contribution in [0.3, 0.4) is 0 Å². The molecule has 0 aliphatic carbocycles. The number of nitrogens with zero attached hydrogens (tertiary/aromatic N) is 1. The highest BCUT2D eigenvalue weighted by atomic mass is 32.1. The van der Waals surface area contributed by atoms with E-state index in [4.69, 9.17) is 4.74 Å². The highest BCUT2D eigenvalue weighted by Crippen LogP contribution is 2.24. The van der Waals surface area contributed by atoms with E-state index in [0.29, 0.717) is 13.0 Å². The van der Waals surface area contributed by atoms with Gasteiger partial charge in [0, 0.05) is 25.0 Å². The van der Waals surface area contributed by atoms with Crippen LogP contribution in [-0.2, 0) is 9.53 Å². The van der Waals surface area contributed by atoms with E-state index in [2.05, 4.69) is 18.3 Å². The maximum Gasteiger partial charge on any atom is 0.225 e. The van der Waals surface area contributed by atoms with Crippen molar-refractivity contribution in [1.82, 2.24) is 10.2 Å². The lowest BCUT2D eigenvalue weighted by Crippen LogP contribution is -2.42. The van der Waals surface area contributed by atoms with E-state index < -0.39 is 0 Å². The van der Waals surface area contributed by atoms with Gasteiger partial charge in [0.2, 0.25) is 5.91 Å². The number of thiophene rings is 1. The van der Waals surface area contributed by atoms with Crippen molar-refractivity contribution in [3.63, 3.8) is 0 Å². The molecule has 2 rings (SSSR count). The second kappa shape index (κ2) is 6.31. The topological polar surface area (TPSA) is 41.6 Å². The fourth-order valence-corrected chi connectivity index (χ4v) is 2.85. The van der Waals surface area contributed by atoms with Crippen molar-refractivity contribution in [2.75, 3.05) is 26.7 Å². The van der Waals surface area contributed by atoms with Gasteiger partial charge >= 0.3 is 0 Å². The molecular weight excluding hydrogens is 248 g/mol. The van der Waals surface area contributed by atoms with Gasteiger partial charge in [0.1, 0.15) is 0 Å². The molecule has 2 atom stereocenters. The van der Waals surface area contributed by atoms with Crippen LogP contribution in [0.2, 0.25) is 0 Å². The van der Waals surface area contributed by atoms with Crippen molar-refractivity contribution in [1.29, 1.82) is 0 Å². The van der Waals surface area contributed by atoms with Gasteiger partial charge < -0.3 is 15.0 Å². The van der Waals surface area contributed by atoms with Crippen molar-refractivity contribution < 1.29 is 9.53 Å². The molecule has 2 heterocycles. The van der Waals surface area contributed by atoms with Crippen LogP contribution in [0.5, 0.6) is 0 Å². The zero-order valence-corrected chi connectivity index (χ0v) is 11.7. The SMILES string of the molecule is CC(c1cccs1)N(C)C(=O)CC1CNCCO1. The van der Waals surface area contributed by atoms with Crippen LogP contribution in [0.25, 0.3) is 0 Å². The van der Waals surface area contributed by atoms with E-state index in [1.807, 2.05) is 23.4 Å². The third kappa shape index (κ3) is 3.31. The second-order valence-electron chi connectivity index (χ2n) is 4.60. The molecule has 0 bridgehead atoms. The monoisotopic (exact) mass is 268 g/mol. The van der Waals surface area contributed by atoms with E-state index in [1.54, 1.807) is 11.3 Å². The number of amides is 1. The average Bonchev–Trinajstić information content (AvgIpc) is 2.92. The Balaban J connectivity index is 1.87. The number of hydrogen-bond acceptors (Lipinski definition) is 4. The first-order valence-electron chi connectivity index (χ1n) is 6.30. The van der Waals surface area contributed by atoms with Gasteiger partial charge in [-0.2, -0.15) is 0 Å². The minimum atomic E-state index is 0.0178. The smallest absolute Gasteiger partial charge is 0.225 e. The summed E-state index contributed by atoms with van der Waals surface area (Å²) in [4.78, 5) is 15.2. The Morgan fingerprint density at radius 1 is 1.72 bits per heavy atom. The summed E-state index contributed by atoms with van der Waals surface area (Å²) in [5, 5.41) is 5.28. The van der Waals surface area contributed by atoms with Gasteiger partial charge in [-0.05, 0) is 18.4 Å². The van der Waals surface area contributed by atoms with Gasteiger partial charge in [0.15, 0.2) is 0 Å². The lowest BCUT2D eigenvalue weighted by atomic mass is 10.1. The number of carbonyl (C=O) groups is 1. The third-order valence-corrected chi connectivity index (χ3v) is 4.38. The summed E-state index contributed by atoms with van der Waals surface area (Å²) in [5.74, 6) is 0.143. The van der Waals surface area contributed by atoms with E-state index in [1.165, 1.54) is 4.88 Å². The maximum atomic E-state index is 12.2. The molecule has 1 saturated heterocycles. The number of morpholine rings is 1. The Kier molecular flexibility index (Phi) is 4.74. The van der Waals surface area contributed by atoms with Crippen molar-refractivity contribution in [3.05, 3.63) is 22.4 Å². The fourth-order valence-electron chi connectivity index (χ4n) is 2.03. The van der Waals surface area contributed by atoms with E-state index in [-0.39, 0.29) is 18.1 Å². The van der Waals surface area contributed by atoms with Crippen LogP contribution in [0, 0.1) is 0 Å². The van der Waals surface area contributed by atoms with Gasteiger partial charge in [-0.1, -0.05) is 6.07 Å². The van der Waals surface area contributed by atoms with E-state index in [0.717, 1.165) is 13.1 Å². The van der Waals surface area contributed by atoms with Gasteiger partial charge in [0.05, 0.1) is 25.2 Å². The Morgan fingerprint density at radius 2 is 2.56 bits per heavy atom. The lowest BCUT2D eigenvalue weighted by molar-refractivity contribution is -0.135. The molecule has 0 radical (unpaired) electrons. The van der Waals surface area contributed by atoms with Crippen molar-refractivity contribution in [3.8, 4) is 0 Å². The van der Waals surface area contributed by atoms with Crippen molar-refractivity contribution >= 4 is 17.2 Å². The number of rotatable bonds is 4. The quantitative estimate of drug-likeness (QED) is 0.902. The Morgan fingerprint density at radius 3 is 3.17 bits per heavy atom. The first kappa shape index (κ1) is 13.5. The second-order valence-corrected chi connectivity index (χ2v) is 5.58. The number of carbonyl (C=O) groups excluding carboxylic acids is 1. The fraction of sp³-hybridized carbons (Fsp3) is 0.615. The summed E-state index contributed by atoms with van der Waals surface area (Å²) < 4.78 is 5.56. The van der Waals surface area contributed by atoms with Crippen LogP contribution in [0.1, 0.15) is 24.3 Å². The molecule has 0 saturated carbocycles. The molecule has 0 aromatic carbocycles. The molecule has 1 N–H and O–H groups in total. The molecule has 1 aromatic rings. The van der Waals surface area contributed by atoms with E-state index in [9.17, 15) is 4.79 Å². The standard InChI is InChI=1S/C13H20N2O2S/c1-10(12-4-3-7-18-12)15(2)13(16)8-11-9-14-5-6-17-11/h3-4,7,10-11,14H,5-6,8-9H2,1-2H3. The molecule has 4 nitrogen and oxygen atoms in total. The highest BCUT2D eigenvalue weighted by molar-refractivity contribution is 7.10. The Hall–Kier alpha value is -0.910. The van der Waals surface area contributed by atoms with Gasteiger partial charge in [0.25, 0.3) is 0 Å². The summed E-state index contributed by atoms with van der Waals surface area (Å²) in [5.41, 5.74) is 0. The summed E-state index contributed by atoms with van der Waals surface area (Å²) in [6.07, 6.45) is 0.475. The third-order valence-electron chi connectivity index (χ3n) is 3.34. The van der Waals surface area contributed by atoms with Gasteiger partial charge in [-0.15, -0.1) is 11.3 Å². The summed E-state index contributed by atoms with van der Waals surface area (Å²) in [7, 11) is 1.86. The van der Waals surface area contributed by atoms with Crippen LogP contribution >= 0.6 is 11.3 Å². The predicted molar refractivity (Wildman–Crippen MR) is 72.7 cm³/mol. The molecule has 5 heteroatoms. The van der Waals surface area contributed by atoms with Crippen LogP contribution < -0.4 is 5.32 Å². The Labute approximate surface area is 112 Å². The van der Waals surface area contributed by atoms with E-state index >= 15 is 0 Å². The molecule has 0 spiro atoms. The summed E-state index contributed by atoms with van der Waals surface area (Å²) in [6, 6.07) is 4.22. The normalized spacial score (nSPS) is 21.6. The molecule has 1 fully saturated rings. The maximum absolute atomic E-state index is 12.2. The molecule has 1 aromatic heterocycles. The van der Waals surface area contributed by atoms with Gasteiger partial charge in [-0.3, -0.25) is 4.79 Å². The predicted octanol–water partition coefficient (Wildman–Crippen LogP) is 1.65.